The van der Waals surface area contributed by atoms with Crippen molar-refractivity contribution in [3.8, 4) is 11.5 Å². The summed E-state index contributed by atoms with van der Waals surface area (Å²) in [6.07, 6.45) is 0. The first-order valence-corrected chi connectivity index (χ1v) is 8.20. The van der Waals surface area contributed by atoms with Gasteiger partial charge in [-0.1, -0.05) is 23.8 Å². The first kappa shape index (κ1) is 19.2. The zero-order valence-electron chi connectivity index (χ0n) is 15.3. The molecule has 1 N–H and O–H groups in total. The Balaban J connectivity index is 2.30. The highest BCUT2D eigenvalue weighted by Gasteiger charge is 2.24. The van der Waals surface area contributed by atoms with Crippen LogP contribution in [0.2, 0.25) is 0 Å². The van der Waals surface area contributed by atoms with Crippen LogP contribution in [0.5, 0.6) is 11.5 Å². The smallest absolute Gasteiger partial charge is 0.286 e. The molecule has 0 saturated heterocycles. The van der Waals surface area contributed by atoms with Gasteiger partial charge in [0.1, 0.15) is 5.56 Å². The average Bonchev–Trinajstić information content (AvgIpc) is 2.60. The first-order chi connectivity index (χ1) is 12.4. The molecule has 0 bridgehead atoms. The number of rotatable bonds is 7. The lowest BCUT2D eigenvalue weighted by Crippen LogP contribution is -2.24. The Bertz CT molecular complexity index is 833. The molecule has 0 aliphatic carbocycles. The highest BCUT2D eigenvalue weighted by atomic mass is 16.6. The summed E-state index contributed by atoms with van der Waals surface area (Å²) in [5, 5.41) is 14.1. The van der Waals surface area contributed by atoms with Gasteiger partial charge in [0, 0.05) is 12.6 Å². The van der Waals surface area contributed by atoms with Crippen molar-refractivity contribution in [1.29, 1.82) is 0 Å². The Morgan fingerprint density at radius 1 is 1.19 bits per heavy atom. The number of nitro benzene ring substituents is 1. The summed E-state index contributed by atoms with van der Waals surface area (Å²) in [7, 11) is 1.42. The van der Waals surface area contributed by atoms with Gasteiger partial charge in [0.15, 0.2) is 11.5 Å². The van der Waals surface area contributed by atoms with Crippen LogP contribution in [0.1, 0.15) is 34.0 Å². The Morgan fingerprint density at radius 3 is 2.50 bits per heavy atom. The summed E-state index contributed by atoms with van der Waals surface area (Å²) in [6, 6.07) is 8.45. The molecule has 1 amide bonds. The van der Waals surface area contributed by atoms with Crippen LogP contribution in [0.15, 0.2) is 30.3 Å². The predicted molar refractivity (Wildman–Crippen MR) is 97.9 cm³/mol. The zero-order valence-corrected chi connectivity index (χ0v) is 15.3. The Morgan fingerprint density at radius 2 is 1.92 bits per heavy atom. The minimum Gasteiger partial charge on any atom is -0.493 e. The highest BCUT2D eigenvalue weighted by Crippen LogP contribution is 2.34. The maximum absolute atomic E-state index is 12.5. The number of carbonyl (C=O) groups excluding carboxylic acids is 1. The number of nitrogens with zero attached hydrogens (tertiary/aromatic N) is 1. The zero-order chi connectivity index (χ0) is 19.3. The van der Waals surface area contributed by atoms with Crippen molar-refractivity contribution < 1.29 is 19.2 Å². The van der Waals surface area contributed by atoms with Gasteiger partial charge in [0.05, 0.1) is 24.7 Å². The number of amides is 1. The fourth-order valence-corrected chi connectivity index (χ4v) is 2.62. The number of methoxy groups -OCH3 is 1. The minimum atomic E-state index is -0.603. The maximum Gasteiger partial charge on any atom is 0.286 e. The van der Waals surface area contributed by atoms with Crippen LogP contribution < -0.4 is 14.8 Å². The molecule has 0 fully saturated rings. The Kier molecular flexibility index (Phi) is 6.16. The second-order valence-electron chi connectivity index (χ2n) is 5.82. The number of hydrogen-bond acceptors (Lipinski definition) is 5. The molecule has 0 aliphatic heterocycles. The Hall–Kier alpha value is -3.09. The van der Waals surface area contributed by atoms with Gasteiger partial charge in [-0.25, -0.2) is 0 Å². The normalized spacial score (nSPS) is 10.3. The van der Waals surface area contributed by atoms with E-state index < -0.39 is 10.8 Å². The fourth-order valence-electron chi connectivity index (χ4n) is 2.62. The molecule has 0 aliphatic rings. The molecule has 0 heterocycles. The van der Waals surface area contributed by atoms with Gasteiger partial charge in [-0.05, 0) is 31.9 Å². The second kappa shape index (κ2) is 8.33. The van der Waals surface area contributed by atoms with Gasteiger partial charge < -0.3 is 14.8 Å². The third kappa shape index (κ3) is 4.30. The van der Waals surface area contributed by atoms with Crippen molar-refractivity contribution >= 4 is 11.6 Å². The highest BCUT2D eigenvalue weighted by molar-refractivity contribution is 5.99. The molecule has 7 heteroatoms. The van der Waals surface area contributed by atoms with Gasteiger partial charge in [0.2, 0.25) is 0 Å². The molecule has 0 atom stereocenters. The lowest BCUT2D eigenvalue weighted by Gasteiger charge is -2.12. The van der Waals surface area contributed by atoms with Gasteiger partial charge in [-0.2, -0.15) is 0 Å². The van der Waals surface area contributed by atoms with Gasteiger partial charge in [-0.15, -0.1) is 0 Å². The summed E-state index contributed by atoms with van der Waals surface area (Å²) in [6.45, 7) is 6.31. The lowest BCUT2D eigenvalue weighted by atomic mass is 10.1. The van der Waals surface area contributed by atoms with Crippen LogP contribution in [0.4, 0.5) is 5.69 Å². The average molecular weight is 358 g/mol. The molecule has 0 spiro atoms. The molecule has 2 aromatic rings. The van der Waals surface area contributed by atoms with Crippen molar-refractivity contribution in [3.05, 3.63) is 62.7 Å². The van der Waals surface area contributed by atoms with E-state index in [4.69, 9.17) is 9.47 Å². The summed E-state index contributed by atoms with van der Waals surface area (Å²) in [4.78, 5) is 23.3. The third-order valence-electron chi connectivity index (χ3n) is 3.96. The van der Waals surface area contributed by atoms with E-state index in [9.17, 15) is 14.9 Å². The van der Waals surface area contributed by atoms with E-state index in [2.05, 4.69) is 5.32 Å². The summed E-state index contributed by atoms with van der Waals surface area (Å²) in [5.74, 6) is -0.0419. The molecule has 7 nitrogen and oxygen atoms in total. The van der Waals surface area contributed by atoms with E-state index in [1.165, 1.54) is 19.2 Å². The van der Waals surface area contributed by atoms with Crippen LogP contribution in [0, 0.1) is 24.0 Å². The molecule has 26 heavy (non-hydrogen) atoms. The molecule has 2 rings (SSSR count). The van der Waals surface area contributed by atoms with Gasteiger partial charge in [-0.3, -0.25) is 14.9 Å². The van der Waals surface area contributed by atoms with Crippen molar-refractivity contribution in [3.63, 3.8) is 0 Å². The number of hydrogen-bond donors (Lipinski definition) is 1. The number of nitro groups is 1. The molecular formula is C19H22N2O5. The number of carbonyl (C=O) groups is 1. The van der Waals surface area contributed by atoms with Crippen LogP contribution in [-0.4, -0.2) is 24.5 Å². The Labute approximate surface area is 152 Å². The summed E-state index contributed by atoms with van der Waals surface area (Å²) in [5.41, 5.74) is 2.73. The second-order valence-corrected chi connectivity index (χ2v) is 5.82. The van der Waals surface area contributed by atoms with Gasteiger partial charge in [0.25, 0.3) is 11.6 Å². The summed E-state index contributed by atoms with van der Waals surface area (Å²) < 4.78 is 10.5. The monoisotopic (exact) mass is 358 g/mol. The fraction of sp³-hybridized carbons (Fsp3) is 0.316. The number of ether oxygens (including phenoxy) is 2. The number of benzene rings is 2. The first-order valence-electron chi connectivity index (χ1n) is 8.20. The lowest BCUT2D eigenvalue weighted by molar-refractivity contribution is -0.385. The standard InChI is InChI=1S/C19H22N2O5/c1-5-26-18-10-16(21(23)24)15(9-17(18)25-4)19(22)20-11-14-7-6-12(2)8-13(14)3/h6-10H,5,11H2,1-4H3,(H,20,22). The van der Waals surface area contributed by atoms with Crippen LogP contribution >= 0.6 is 0 Å². The summed E-state index contributed by atoms with van der Waals surface area (Å²) >= 11 is 0. The molecule has 0 saturated carbocycles. The van der Waals surface area contributed by atoms with Crippen LogP contribution in [0.3, 0.4) is 0 Å². The molecular weight excluding hydrogens is 336 g/mol. The maximum atomic E-state index is 12.5. The van der Waals surface area contributed by atoms with Crippen LogP contribution in [-0.2, 0) is 6.54 Å². The van der Waals surface area contributed by atoms with E-state index in [-0.39, 0.29) is 29.3 Å². The van der Waals surface area contributed by atoms with E-state index in [1.807, 2.05) is 32.0 Å². The topological polar surface area (TPSA) is 90.7 Å². The van der Waals surface area contributed by atoms with Crippen molar-refractivity contribution in [1.82, 2.24) is 5.32 Å². The van der Waals surface area contributed by atoms with Gasteiger partial charge >= 0.3 is 0 Å². The quantitative estimate of drug-likeness (QED) is 0.604. The van der Waals surface area contributed by atoms with Crippen molar-refractivity contribution in [2.45, 2.75) is 27.3 Å². The van der Waals surface area contributed by atoms with E-state index in [0.29, 0.717) is 6.61 Å². The predicted octanol–water partition coefficient (Wildman–Crippen LogP) is 3.55. The third-order valence-corrected chi connectivity index (χ3v) is 3.96. The van der Waals surface area contributed by atoms with E-state index in [0.717, 1.165) is 16.7 Å². The van der Waals surface area contributed by atoms with Crippen molar-refractivity contribution in [2.24, 2.45) is 0 Å². The van der Waals surface area contributed by atoms with Crippen LogP contribution in [0.25, 0.3) is 0 Å². The number of aryl methyl sites for hydroxylation is 2. The molecule has 0 aromatic heterocycles. The molecule has 0 radical (unpaired) electrons. The van der Waals surface area contributed by atoms with E-state index in [1.54, 1.807) is 6.92 Å². The largest absolute Gasteiger partial charge is 0.493 e. The minimum absolute atomic E-state index is 0.0694. The van der Waals surface area contributed by atoms with Crippen molar-refractivity contribution in [2.75, 3.05) is 13.7 Å². The molecule has 2 aromatic carbocycles. The number of nitrogens with one attached hydrogen (secondary N) is 1. The SMILES string of the molecule is CCOc1cc([N+](=O)[O-])c(C(=O)NCc2ccc(C)cc2C)cc1OC. The molecule has 138 valence electrons. The van der Waals surface area contributed by atoms with E-state index >= 15 is 0 Å². The molecule has 0 unspecified atom stereocenters.